The molecule has 0 radical (unpaired) electrons. The number of hydrogen-bond acceptors (Lipinski definition) is 2. The van der Waals surface area contributed by atoms with Crippen molar-refractivity contribution in [3.63, 3.8) is 0 Å². The molecular formula is C14H8BrN3. The molecule has 86 valence electrons. The molecular weight excluding hydrogens is 290 g/mol. The highest BCUT2D eigenvalue weighted by molar-refractivity contribution is 9.10. The molecule has 3 rings (SSSR count). The Balaban J connectivity index is 2.21. The van der Waals surface area contributed by atoms with E-state index in [1.807, 2.05) is 47.3 Å². The molecule has 0 aliphatic carbocycles. The molecule has 0 saturated carbocycles. The normalized spacial score (nSPS) is 10.4. The molecule has 0 fully saturated rings. The van der Waals surface area contributed by atoms with Gasteiger partial charge in [0.25, 0.3) is 0 Å². The van der Waals surface area contributed by atoms with E-state index in [0.29, 0.717) is 5.56 Å². The Morgan fingerprint density at radius 3 is 2.78 bits per heavy atom. The Kier molecular flexibility index (Phi) is 2.62. The topological polar surface area (TPSA) is 41.6 Å². The van der Waals surface area contributed by atoms with Gasteiger partial charge in [-0.25, -0.2) is 4.68 Å². The fourth-order valence-electron chi connectivity index (χ4n) is 1.90. The number of nitrogens with zero attached hydrogens (tertiary/aromatic N) is 3. The highest BCUT2D eigenvalue weighted by Crippen LogP contribution is 2.23. The van der Waals surface area contributed by atoms with Crippen LogP contribution in [0.4, 0.5) is 0 Å². The number of hydrogen-bond donors (Lipinski definition) is 0. The van der Waals surface area contributed by atoms with Gasteiger partial charge in [0, 0.05) is 9.86 Å². The number of fused-ring (bicyclic) bond motifs is 1. The van der Waals surface area contributed by atoms with Crippen molar-refractivity contribution in [2.24, 2.45) is 0 Å². The van der Waals surface area contributed by atoms with Crippen molar-refractivity contribution in [1.29, 1.82) is 5.26 Å². The van der Waals surface area contributed by atoms with E-state index < -0.39 is 0 Å². The van der Waals surface area contributed by atoms with Gasteiger partial charge >= 0.3 is 0 Å². The monoisotopic (exact) mass is 297 g/mol. The van der Waals surface area contributed by atoms with Crippen molar-refractivity contribution in [1.82, 2.24) is 9.78 Å². The Bertz CT molecular complexity index is 768. The lowest BCUT2D eigenvalue weighted by Gasteiger charge is -2.04. The van der Waals surface area contributed by atoms with Crippen LogP contribution in [-0.4, -0.2) is 9.78 Å². The summed E-state index contributed by atoms with van der Waals surface area (Å²) in [5, 5.41) is 14.4. The average molecular weight is 298 g/mol. The van der Waals surface area contributed by atoms with Gasteiger partial charge in [-0.15, -0.1) is 0 Å². The van der Waals surface area contributed by atoms with E-state index in [2.05, 4.69) is 27.1 Å². The van der Waals surface area contributed by atoms with Gasteiger partial charge in [0.15, 0.2) is 0 Å². The molecule has 0 aliphatic heterocycles. The summed E-state index contributed by atoms with van der Waals surface area (Å²) in [7, 11) is 0. The Morgan fingerprint density at radius 1 is 1.17 bits per heavy atom. The zero-order valence-corrected chi connectivity index (χ0v) is 10.9. The molecule has 1 aromatic heterocycles. The second-order valence-corrected chi connectivity index (χ2v) is 4.75. The number of aromatic nitrogens is 2. The zero-order chi connectivity index (χ0) is 12.5. The average Bonchev–Trinajstić information content (AvgIpc) is 2.82. The second-order valence-electron chi connectivity index (χ2n) is 3.89. The fraction of sp³-hybridized carbons (Fsp3) is 0. The van der Waals surface area contributed by atoms with Gasteiger partial charge in [-0.3, -0.25) is 0 Å². The minimum absolute atomic E-state index is 0.621. The summed E-state index contributed by atoms with van der Waals surface area (Å²) in [6.07, 6.45) is 1.83. The molecule has 3 nitrogen and oxygen atoms in total. The van der Waals surface area contributed by atoms with E-state index >= 15 is 0 Å². The van der Waals surface area contributed by atoms with Crippen molar-refractivity contribution in [2.45, 2.75) is 0 Å². The van der Waals surface area contributed by atoms with E-state index in [4.69, 9.17) is 5.26 Å². The van der Waals surface area contributed by atoms with E-state index in [-0.39, 0.29) is 0 Å². The zero-order valence-electron chi connectivity index (χ0n) is 9.34. The first kappa shape index (κ1) is 11.0. The molecule has 0 saturated heterocycles. The third kappa shape index (κ3) is 1.69. The molecule has 18 heavy (non-hydrogen) atoms. The first-order valence-electron chi connectivity index (χ1n) is 5.42. The quantitative estimate of drug-likeness (QED) is 0.688. The molecule has 0 aliphatic rings. The van der Waals surface area contributed by atoms with Gasteiger partial charge in [-0.05, 0) is 40.2 Å². The van der Waals surface area contributed by atoms with Crippen LogP contribution in [0.5, 0.6) is 0 Å². The van der Waals surface area contributed by atoms with Crippen molar-refractivity contribution < 1.29 is 0 Å². The van der Waals surface area contributed by atoms with Crippen LogP contribution in [0.15, 0.2) is 53.1 Å². The molecule has 0 atom stereocenters. The maximum Gasteiger partial charge on any atom is 0.100 e. The van der Waals surface area contributed by atoms with Crippen molar-refractivity contribution in [3.8, 4) is 11.8 Å². The van der Waals surface area contributed by atoms with Crippen LogP contribution in [-0.2, 0) is 0 Å². The van der Waals surface area contributed by atoms with E-state index in [0.717, 1.165) is 21.1 Å². The van der Waals surface area contributed by atoms with E-state index in [1.165, 1.54) is 0 Å². The third-order valence-corrected chi connectivity index (χ3v) is 3.45. The summed E-state index contributed by atoms with van der Waals surface area (Å²) in [5.41, 5.74) is 2.60. The Morgan fingerprint density at radius 2 is 2.00 bits per heavy atom. The molecule has 0 N–H and O–H groups in total. The number of benzene rings is 2. The Hall–Kier alpha value is -2.12. The second kappa shape index (κ2) is 4.28. The van der Waals surface area contributed by atoms with Gasteiger partial charge in [-0.2, -0.15) is 10.4 Å². The first-order valence-corrected chi connectivity index (χ1v) is 6.22. The molecule has 4 heteroatoms. The van der Waals surface area contributed by atoms with Crippen LogP contribution in [0, 0.1) is 11.3 Å². The minimum Gasteiger partial charge on any atom is -0.233 e. The maximum atomic E-state index is 8.91. The lowest BCUT2D eigenvalue weighted by Crippen LogP contribution is -1.96. The lowest BCUT2D eigenvalue weighted by molar-refractivity contribution is 0.909. The molecule has 0 spiro atoms. The molecule has 3 aromatic rings. The SMILES string of the molecule is N#Cc1ccc(-n2ncc3ccccc32)cc1Br. The summed E-state index contributed by atoms with van der Waals surface area (Å²) in [6, 6.07) is 15.7. The van der Waals surface area contributed by atoms with Gasteiger partial charge in [0.05, 0.1) is 23.0 Å². The summed E-state index contributed by atoms with van der Waals surface area (Å²) in [4.78, 5) is 0. The lowest BCUT2D eigenvalue weighted by atomic mass is 10.2. The van der Waals surface area contributed by atoms with E-state index in [1.54, 1.807) is 6.07 Å². The van der Waals surface area contributed by atoms with Crippen LogP contribution in [0.3, 0.4) is 0 Å². The van der Waals surface area contributed by atoms with Crippen molar-refractivity contribution in [3.05, 3.63) is 58.7 Å². The number of nitriles is 1. The van der Waals surface area contributed by atoms with Gasteiger partial charge in [-0.1, -0.05) is 18.2 Å². The molecule has 0 amide bonds. The largest absolute Gasteiger partial charge is 0.233 e. The summed E-state index contributed by atoms with van der Waals surface area (Å²) in [6.45, 7) is 0. The molecule has 1 heterocycles. The predicted octanol–water partition coefficient (Wildman–Crippen LogP) is 3.66. The maximum absolute atomic E-state index is 8.91. The predicted molar refractivity (Wildman–Crippen MR) is 73.5 cm³/mol. The standard InChI is InChI=1S/C14H8BrN3/c15-13-7-12(6-5-10(13)8-16)18-14-4-2-1-3-11(14)9-17-18/h1-7,9H. The van der Waals surface area contributed by atoms with Gasteiger partial charge in [0.1, 0.15) is 6.07 Å². The molecule has 0 bridgehead atoms. The van der Waals surface area contributed by atoms with Crippen molar-refractivity contribution >= 4 is 26.8 Å². The summed E-state index contributed by atoms with van der Waals surface area (Å²) >= 11 is 3.39. The summed E-state index contributed by atoms with van der Waals surface area (Å²) < 4.78 is 2.64. The fourth-order valence-corrected chi connectivity index (χ4v) is 2.36. The highest BCUT2D eigenvalue weighted by atomic mass is 79.9. The number of halogens is 1. The minimum atomic E-state index is 0.621. The first-order chi connectivity index (χ1) is 8.79. The number of para-hydroxylation sites is 1. The Labute approximate surface area is 112 Å². The van der Waals surface area contributed by atoms with E-state index in [9.17, 15) is 0 Å². The smallest absolute Gasteiger partial charge is 0.100 e. The van der Waals surface area contributed by atoms with Gasteiger partial charge < -0.3 is 0 Å². The van der Waals surface area contributed by atoms with Crippen molar-refractivity contribution in [2.75, 3.05) is 0 Å². The molecule has 2 aromatic carbocycles. The van der Waals surface area contributed by atoms with Crippen LogP contribution >= 0.6 is 15.9 Å². The highest BCUT2D eigenvalue weighted by Gasteiger charge is 2.06. The van der Waals surface area contributed by atoms with Crippen LogP contribution in [0.1, 0.15) is 5.56 Å². The van der Waals surface area contributed by atoms with Crippen LogP contribution in [0.25, 0.3) is 16.6 Å². The third-order valence-electron chi connectivity index (χ3n) is 2.79. The van der Waals surface area contributed by atoms with Crippen LogP contribution in [0.2, 0.25) is 0 Å². The summed E-state index contributed by atoms with van der Waals surface area (Å²) in [5.74, 6) is 0. The van der Waals surface area contributed by atoms with Crippen LogP contribution < -0.4 is 0 Å². The number of rotatable bonds is 1. The molecule has 0 unspecified atom stereocenters. The van der Waals surface area contributed by atoms with Gasteiger partial charge in [0.2, 0.25) is 0 Å².